The molecule has 1 aromatic carbocycles. The fraction of sp³-hybridized carbons (Fsp3) is 0.600. The Hall–Kier alpha value is -0.250. The van der Waals surface area contributed by atoms with E-state index in [1.807, 2.05) is 18.2 Å². The standard InChI is InChI=1S/C15H21BrClNO/c16-13-9-12(7-8-14(13)17)18-15(10-19)11-5-3-1-2-4-6-11/h7-9,11,15,18-19H,1-6,10H2. The third-order valence-corrected chi connectivity index (χ3v) is 5.15. The molecule has 1 atom stereocenters. The van der Waals surface area contributed by atoms with Gasteiger partial charge in [-0.2, -0.15) is 0 Å². The van der Waals surface area contributed by atoms with E-state index in [1.54, 1.807) is 0 Å². The first-order chi connectivity index (χ1) is 9.20. The maximum Gasteiger partial charge on any atom is 0.0635 e. The van der Waals surface area contributed by atoms with Gasteiger partial charge in [-0.15, -0.1) is 0 Å². The fourth-order valence-electron chi connectivity index (χ4n) is 2.83. The molecule has 0 bridgehead atoms. The Labute approximate surface area is 128 Å². The van der Waals surface area contributed by atoms with Crippen LogP contribution in [0.5, 0.6) is 0 Å². The summed E-state index contributed by atoms with van der Waals surface area (Å²) in [4.78, 5) is 0. The molecule has 0 radical (unpaired) electrons. The molecule has 0 amide bonds. The fourth-order valence-corrected chi connectivity index (χ4v) is 3.32. The average Bonchev–Trinajstić information content (AvgIpc) is 2.69. The first-order valence-electron chi connectivity index (χ1n) is 7.03. The van der Waals surface area contributed by atoms with Crippen LogP contribution < -0.4 is 5.32 Å². The van der Waals surface area contributed by atoms with Gasteiger partial charge in [-0.3, -0.25) is 0 Å². The van der Waals surface area contributed by atoms with Crippen molar-refractivity contribution < 1.29 is 5.11 Å². The van der Waals surface area contributed by atoms with Gasteiger partial charge in [-0.05, 0) is 52.9 Å². The predicted molar refractivity (Wildman–Crippen MR) is 84.8 cm³/mol. The summed E-state index contributed by atoms with van der Waals surface area (Å²) in [6.45, 7) is 0.185. The zero-order valence-corrected chi connectivity index (χ0v) is 13.4. The summed E-state index contributed by atoms with van der Waals surface area (Å²) >= 11 is 9.43. The van der Waals surface area contributed by atoms with Crippen LogP contribution in [0.15, 0.2) is 22.7 Å². The smallest absolute Gasteiger partial charge is 0.0635 e. The molecule has 0 aliphatic heterocycles. The third-order valence-electron chi connectivity index (χ3n) is 3.94. The molecule has 1 aromatic rings. The van der Waals surface area contributed by atoms with E-state index >= 15 is 0 Å². The maximum atomic E-state index is 9.66. The minimum absolute atomic E-state index is 0.145. The van der Waals surface area contributed by atoms with Gasteiger partial charge in [0.05, 0.1) is 17.7 Å². The van der Waals surface area contributed by atoms with Gasteiger partial charge in [0.2, 0.25) is 0 Å². The summed E-state index contributed by atoms with van der Waals surface area (Å²) in [5, 5.41) is 13.8. The predicted octanol–water partition coefficient (Wildman–Crippen LogP) is 4.85. The molecular weight excluding hydrogens is 326 g/mol. The summed E-state index contributed by atoms with van der Waals surface area (Å²) in [6, 6.07) is 5.95. The van der Waals surface area contributed by atoms with E-state index < -0.39 is 0 Å². The lowest BCUT2D eigenvalue weighted by Gasteiger charge is -2.26. The number of benzene rings is 1. The highest BCUT2D eigenvalue weighted by Gasteiger charge is 2.22. The maximum absolute atomic E-state index is 9.66. The Morgan fingerprint density at radius 3 is 2.53 bits per heavy atom. The highest BCUT2D eigenvalue weighted by atomic mass is 79.9. The van der Waals surface area contributed by atoms with Gasteiger partial charge in [0, 0.05) is 10.2 Å². The second-order valence-corrected chi connectivity index (χ2v) is 6.58. The SMILES string of the molecule is OCC(Nc1ccc(Cl)c(Br)c1)C1CCCCCC1. The monoisotopic (exact) mass is 345 g/mol. The topological polar surface area (TPSA) is 32.3 Å². The van der Waals surface area contributed by atoms with E-state index in [9.17, 15) is 5.11 Å². The highest BCUT2D eigenvalue weighted by Crippen LogP contribution is 2.29. The molecule has 4 heteroatoms. The van der Waals surface area contributed by atoms with Gasteiger partial charge < -0.3 is 10.4 Å². The normalized spacial score (nSPS) is 18.9. The zero-order valence-electron chi connectivity index (χ0n) is 11.0. The van der Waals surface area contributed by atoms with Crippen molar-refractivity contribution in [3.8, 4) is 0 Å². The van der Waals surface area contributed by atoms with Crippen LogP contribution in [0, 0.1) is 5.92 Å². The van der Waals surface area contributed by atoms with Crippen LogP contribution in [0.25, 0.3) is 0 Å². The summed E-state index contributed by atoms with van der Waals surface area (Å²) in [6.07, 6.45) is 7.67. The van der Waals surface area contributed by atoms with E-state index in [0.717, 1.165) is 10.2 Å². The van der Waals surface area contributed by atoms with Crippen molar-refractivity contribution in [1.82, 2.24) is 0 Å². The van der Waals surface area contributed by atoms with Gasteiger partial charge in [0.1, 0.15) is 0 Å². The molecule has 0 heterocycles. The lowest BCUT2D eigenvalue weighted by molar-refractivity contribution is 0.227. The molecule has 0 saturated heterocycles. The summed E-state index contributed by atoms with van der Waals surface area (Å²) in [5.74, 6) is 0.571. The molecule has 1 saturated carbocycles. The molecule has 1 aliphatic carbocycles. The number of rotatable bonds is 4. The molecule has 0 aromatic heterocycles. The molecule has 1 unspecified atom stereocenters. The molecule has 2 nitrogen and oxygen atoms in total. The first-order valence-corrected chi connectivity index (χ1v) is 8.20. The number of anilines is 1. The highest BCUT2D eigenvalue weighted by molar-refractivity contribution is 9.10. The Morgan fingerprint density at radius 1 is 1.26 bits per heavy atom. The quantitative estimate of drug-likeness (QED) is 0.764. The lowest BCUT2D eigenvalue weighted by atomic mass is 9.92. The lowest BCUT2D eigenvalue weighted by Crippen LogP contribution is -2.32. The van der Waals surface area contributed by atoms with Crippen molar-refractivity contribution in [2.75, 3.05) is 11.9 Å². The van der Waals surface area contributed by atoms with Crippen molar-refractivity contribution in [2.45, 2.75) is 44.6 Å². The van der Waals surface area contributed by atoms with E-state index in [2.05, 4.69) is 21.2 Å². The number of hydrogen-bond donors (Lipinski definition) is 2. The van der Waals surface area contributed by atoms with Gasteiger partial charge >= 0.3 is 0 Å². The Bertz CT molecular complexity index is 405. The summed E-state index contributed by atoms with van der Waals surface area (Å²) in [7, 11) is 0. The second kappa shape index (κ2) is 7.51. The molecule has 0 spiro atoms. The summed E-state index contributed by atoms with van der Waals surface area (Å²) < 4.78 is 0.886. The van der Waals surface area contributed by atoms with Crippen LogP contribution in [0.2, 0.25) is 5.02 Å². The second-order valence-electron chi connectivity index (χ2n) is 5.31. The number of hydrogen-bond acceptors (Lipinski definition) is 2. The van der Waals surface area contributed by atoms with Crippen LogP contribution in [0.1, 0.15) is 38.5 Å². The first kappa shape index (κ1) is 15.1. The van der Waals surface area contributed by atoms with Crippen molar-refractivity contribution >= 4 is 33.2 Å². The molecule has 1 fully saturated rings. The number of nitrogens with one attached hydrogen (secondary N) is 1. The van der Waals surface area contributed by atoms with Crippen molar-refractivity contribution in [2.24, 2.45) is 5.92 Å². The molecule has 106 valence electrons. The van der Waals surface area contributed by atoms with Crippen LogP contribution in [-0.2, 0) is 0 Å². The average molecular weight is 347 g/mol. The van der Waals surface area contributed by atoms with Gasteiger partial charge in [0.25, 0.3) is 0 Å². The zero-order chi connectivity index (χ0) is 13.7. The van der Waals surface area contributed by atoms with Crippen molar-refractivity contribution in [3.63, 3.8) is 0 Å². The number of aliphatic hydroxyl groups is 1. The molecular formula is C15H21BrClNO. The Balaban J connectivity index is 2.02. The number of halogens is 2. The number of aliphatic hydroxyl groups excluding tert-OH is 1. The van der Waals surface area contributed by atoms with Gasteiger partial charge in [-0.1, -0.05) is 37.3 Å². The Morgan fingerprint density at radius 2 is 1.95 bits per heavy atom. The van der Waals surface area contributed by atoms with Crippen molar-refractivity contribution in [3.05, 3.63) is 27.7 Å². The minimum Gasteiger partial charge on any atom is -0.394 e. The van der Waals surface area contributed by atoms with E-state index in [0.29, 0.717) is 10.9 Å². The van der Waals surface area contributed by atoms with Crippen LogP contribution >= 0.6 is 27.5 Å². The molecule has 2 N–H and O–H groups in total. The minimum atomic E-state index is 0.145. The van der Waals surface area contributed by atoms with Gasteiger partial charge in [-0.25, -0.2) is 0 Å². The van der Waals surface area contributed by atoms with Crippen LogP contribution in [0.3, 0.4) is 0 Å². The molecule has 2 rings (SSSR count). The summed E-state index contributed by atoms with van der Waals surface area (Å²) in [5.41, 5.74) is 1.01. The van der Waals surface area contributed by atoms with E-state index in [4.69, 9.17) is 11.6 Å². The van der Waals surface area contributed by atoms with Crippen LogP contribution in [-0.4, -0.2) is 17.8 Å². The van der Waals surface area contributed by atoms with E-state index in [-0.39, 0.29) is 12.6 Å². The Kier molecular flexibility index (Phi) is 5.99. The molecule has 1 aliphatic rings. The van der Waals surface area contributed by atoms with Crippen molar-refractivity contribution in [1.29, 1.82) is 0 Å². The van der Waals surface area contributed by atoms with E-state index in [1.165, 1.54) is 38.5 Å². The largest absolute Gasteiger partial charge is 0.394 e. The van der Waals surface area contributed by atoms with Crippen LogP contribution in [0.4, 0.5) is 5.69 Å². The molecule has 19 heavy (non-hydrogen) atoms. The third kappa shape index (κ3) is 4.37. The van der Waals surface area contributed by atoms with Gasteiger partial charge in [0.15, 0.2) is 0 Å².